The first-order chi connectivity index (χ1) is 9.99. The molecule has 0 aromatic carbocycles. The standard InChI is InChI=1S/C15H21N3O3/c1-10(2)17-13-12(6-3-7-16-13)14(19)18-8-4-5-11(9-18)15(20)21/h3,6-7,10-11H,4-5,8-9H2,1-2H3,(H,16,17)(H,20,21). The number of piperidine rings is 1. The Kier molecular flexibility index (Phi) is 4.77. The van der Waals surface area contributed by atoms with Crippen molar-refractivity contribution < 1.29 is 14.7 Å². The number of hydrogen-bond donors (Lipinski definition) is 2. The van der Waals surface area contributed by atoms with Crippen molar-refractivity contribution in [1.29, 1.82) is 0 Å². The summed E-state index contributed by atoms with van der Waals surface area (Å²) >= 11 is 0. The van der Waals surface area contributed by atoms with Gasteiger partial charge < -0.3 is 15.3 Å². The molecule has 0 aliphatic carbocycles. The van der Waals surface area contributed by atoms with E-state index in [1.807, 2.05) is 13.8 Å². The highest BCUT2D eigenvalue weighted by molar-refractivity contribution is 5.99. The van der Waals surface area contributed by atoms with Gasteiger partial charge >= 0.3 is 5.97 Å². The molecule has 6 nitrogen and oxygen atoms in total. The zero-order chi connectivity index (χ0) is 15.4. The molecule has 1 aromatic rings. The molecule has 1 aliphatic heterocycles. The number of carbonyl (C=O) groups is 2. The summed E-state index contributed by atoms with van der Waals surface area (Å²) in [5, 5.41) is 12.3. The van der Waals surface area contributed by atoms with Crippen molar-refractivity contribution in [2.24, 2.45) is 5.92 Å². The minimum absolute atomic E-state index is 0.155. The van der Waals surface area contributed by atoms with Crippen molar-refractivity contribution >= 4 is 17.7 Å². The van der Waals surface area contributed by atoms with E-state index in [1.165, 1.54) is 0 Å². The second-order valence-electron chi connectivity index (χ2n) is 5.63. The first-order valence-corrected chi connectivity index (χ1v) is 7.22. The summed E-state index contributed by atoms with van der Waals surface area (Å²) in [5.41, 5.74) is 0.497. The number of anilines is 1. The number of nitrogens with zero attached hydrogens (tertiary/aromatic N) is 2. The lowest BCUT2D eigenvalue weighted by Gasteiger charge is -2.31. The van der Waals surface area contributed by atoms with Crippen LogP contribution in [0.25, 0.3) is 0 Å². The monoisotopic (exact) mass is 291 g/mol. The van der Waals surface area contributed by atoms with E-state index in [4.69, 9.17) is 5.11 Å². The molecule has 2 heterocycles. The molecule has 0 spiro atoms. The second-order valence-corrected chi connectivity index (χ2v) is 5.63. The third-order valence-corrected chi connectivity index (χ3v) is 3.52. The highest BCUT2D eigenvalue weighted by atomic mass is 16.4. The fourth-order valence-electron chi connectivity index (χ4n) is 2.50. The van der Waals surface area contributed by atoms with Gasteiger partial charge in [-0.2, -0.15) is 0 Å². The third-order valence-electron chi connectivity index (χ3n) is 3.52. The van der Waals surface area contributed by atoms with E-state index in [9.17, 15) is 9.59 Å². The van der Waals surface area contributed by atoms with Crippen LogP contribution in [0.5, 0.6) is 0 Å². The summed E-state index contributed by atoms with van der Waals surface area (Å²) in [7, 11) is 0. The van der Waals surface area contributed by atoms with E-state index in [0.717, 1.165) is 6.42 Å². The number of carboxylic acid groups (broad SMARTS) is 1. The SMILES string of the molecule is CC(C)Nc1ncccc1C(=O)N1CCCC(C(=O)O)C1. The van der Waals surface area contributed by atoms with Crippen LogP contribution < -0.4 is 5.32 Å². The summed E-state index contributed by atoms with van der Waals surface area (Å²) in [6.45, 7) is 4.82. The van der Waals surface area contributed by atoms with Crippen LogP contribution in [-0.2, 0) is 4.79 Å². The lowest BCUT2D eigenvalue weighted by atomic mass is 9.97. The minimum atomic E-state index is -0.834. The second kappa shape index (κ2) is 6.56. The van der Waals surface area contributed by atoms with Gasteiger partial charge in [0, 0.05) is 25.3 Å². The summed E-state index contributed by atoms with van der Waals surface area (Å²) in [6.07, 6.45) is 2.98. The molecule has 114 valence electrons. The zero-order valence-corrected chi connectivity index (χ0v) is 12.4. The lowest BCUT2D eigenvalue weighted by Crippen LogP contribution is -2.42. The molecule has 1 amide bonds. The Labute approximate surface area is 124 Å². The predicted molar refractivity (Wildman–Crippen MR) is 79.3 cm³/mol. The molecule has 21 heavy (non-hydrogen) atoms. The molecule has 6 heteroatoms. The van der Waals surface area contributed by atoms with Crippen molar-refractivity contribution in [3.8, 4) is 0 Å². The molecule has 1 atom stereocenters. The van der Waals surface area contributed by atoms with Gasteiger partial charge in [-0.05, 0) is 38.8 Å². The number of hydrogen-bond acceptors (Lipinski definition) is 4. The number of carbonyl (C=O) groups excluding carboxylic acids is 1. The lowest BCUT2D eigenvalue weighted by molar-refractivity contribution is -0.143. The van der Waals surface area contributed by atoms with Crippen LogP contribution in [0.4, 0.5) is 5.82 Å². The molecule has 1 aliphatic rings. The number of amides is 1. The fraction of sp³-hybridized carbons (Fsp3) is 0.533. The van der Waals surface area contributed by atoms with Crippen molar-refractivity contribution in [1.82, 2.24) is 9.88 Å². The number of carboxylic acids is 1. The van der Waals surface area contributed by atoms with Crippen LogP contribution in [0.2, 0.25) is 0 Å². The summed E-state index contributed by atoms with van der Waals surface area (Å²) in [5.74, 6) is -0.910. The Hall–Kier alpha value is -2.11. The average Bonchev–Trinajstić information content (AvgIpc) is 2.46. The summed E-state index contributed by atoms with van der Waals surface area (Å²) < 4.78 is 0. The van der Waals surface area contributed by atoms with Crippen LogP contribution in [0.1, 0.15) is 37.0 Å². The molecule has 1 saturated heterocycles. The molecule has 0 saturated carbocycles. The van der Waals surface area contributed by atoms with Gasteiger partial charge in [0.05, 0.1) is 11.5 Å². The first-order valence-electron chi connectivity index (χ1n) is 7.22. The van der Waals surface area contributed by atoms with Gasteiger partial charge in [0.2, 0.25) is 0 Å². The van der Waals surface area contributed by atoms with E-state index < -0.39 is 11.9 Å². The number of pyridine rings is 1. The van der Waals surface area contributed by atoms with E-state index >= 15 is 0 Å². The topological polar surface area (TPSA) is 82.5 Å². The maximum atomic E-state index is 12.6. The minimum Gasteiger partial charge on any atom is -0.481 e. The Morgan fingerprint density at radius 3 is 2.90 bits per heavy atom. The van der Waals surface area contributed by atoms with Crippen molar-refractivity contribution in [2.75, 3.05) is 18.4 Å². The molecule has 0 bridgehead atoms. The van der Waals surface area contributed by atoms with Gasteiger partial charge in [0.1, 0.15) is 5.82 Å². The molecule has 2 N–H and O–H groups in total. The number of likely N-dealkylation sites (tertiary alicyclic amines) is 1. The highest BCUT2D eigenvalue weighted by Gasteiger charge is 2.29. The van der Waals surface area contributed by atoms with Gasteiger partial charge in [-0.25, -0.2) is 4.98 Å². The van der Waals surface area contributed by atoms with Gasteiger partial charge in [0.25, 0.3) is 5.91 Å². The Morgan fingerprint density at radius 1 is 1.48 bits per heavy atom. The molecular weight excluding hydrogens is 270 g/mol. The zero-order valence-electron chi connectivity index (χ0n) is 12.4. The van der Waals surface area contributed by atoms with E-state index in [1.54, 1.807) is 23.2 Å². The van der Waals surface area contributed by atoms with Gasteiger partial charge in [-0.1, -0.05) is 0 Å². The molecule has 1 fully saturated rings. The van der Waals surface area contributed by atoms with Crippen molar-refractivity contribution in [3.05, 3.63) is 23.9 Å². The smallest absolute Gasteiger partial charge is 0.308 e. The quantitative estimate of drug-likeness (QED) is 0.884. The van der Waals surface area contributed by atoms with Crippen LogP contribution in [-0.4, -0.2) is 46.0 Å². The number of aliphatic carboxylic acids is 1. The van der Waals surface area contributed by atoms with Crippen molar-refractivity contribution in [3.63, 3.8) is 0 Å². The van der Waals surface area contributed by atoms with Gasteiger partial charge in [0.15, 0.2) is 0 Å². The Bertz CT molecular complexity index is 531. The largest absolute Gasteiger partial charge is 0.481 e. The number of nitrogens with one attached hydrogen (secondary N) is 1. The van der Waals surface area contributed by atoms with E-state index in [-0.39, 0.29) is 18.5 Å². The van der Waals surface area contributed by atoms with E-state index in [2.05, 4.69) is 10.3 Å². The molecule has 0 radical (unpaired) electrons. The molecule has 1 unspecified atom stereocenters. The Morgan fingerprint density at radius 2 is 2.24 bits per heavy atom. The maximum absolute atomic E-state index is 12.6. The molecular formula is C15H21N3O3. The maximum Gasteiger partial charge on any atom is 0.308 e. The van der Waals surface area contributed by atoms with E-state index in [0.29, 0.717) is 24.3 Å². The van der Waals surface area contributed by atoms with Crippen LogP contribution in [0.15, 0.2) is 18.3 Å². The number of rotatable bonds is 4. The molecule has 1 aromatic heterocycles. The first kappa shape index (κ1) is 15.3. The van der Waals surface area contributed by atoms with Gasteiger partial charge in [-0.3, -0.25) is 9.59 Å². The van der Waals surface area contributed by atoms with Gasteiger partial charge in [-0.15, -0.1) is 0 Å². The third kappa shape index (κ3) is 3.71. The highest BCUT2D eigenvalue weighted by Crippen LogP contribution is 2.21. The number of aromatic nitrogens is 1. The predicted octanol–water partition coefficient (Wildman–Crippen LogP) is 1.84. The summed E-state index contributed by atoms with van der Waals surface area (Å²) in [4.78, 5) is 29.6. The summed E-state index contributed by atoms with van der Waals surface area (Å²) in [6, 6.07) is 3.61. The van der Waals surface area contributed by atoms with Crippen LogP contribution >= 0.6 is 0 Å². The molecule has 2 rings (SSSR count). The fourth-order valence-corrected chi connectivity index (χ4v) is 2.50. The van der Waals surface area contributed by atoms with Crippen molar-refractivity contribution in [2.45, 2.75) is 32.7 Å². The Balaban J connectivity index is 2.18. The van der Waals surface area contributed by atoms with Crippen LogP contribution in [0, 0.1) is 5.92 Å². The normalized spacial score (nSPS) is 18.6. The average molecular weight is 291 g/mol. The van der Waals surface area contributed by atoms with Crippen LogP contribution in [0.3, 0.4) is 0 Å².